The average molecular weight is 346 g/mol. The van der Waals surface area contributed by atoms with Crippen molar-refractivity contribution in [2.75, 3.05) is 27.2 Å². The number of nitrogens with zero attached hydrogens (tertiary/aromatic N) is 4. The zero-order valence-corrected chi connectivity index (χ0v) is 15.4. The SMILES string of the molecule is COc1ncccc1CN1CCC2(CC(C(=O)N(C)C(C)C)=NO2)C1. The number of oxime groups is 1. The third-order valence-corrected chi connectivity index (χ3v) is 5.01. The van der Waals surface area contributed by atoms with E-state index in [2.05, 4.69) is 15.0 Å². The number of rotatable bonds is 5. The van der Waals surface area contributed by atoms with Gasteiger partial charge in [-0.25, -0.2) is 4.98 Å². The molecule has 2 aliphatic heterocycles. The topological polar surface area (TPSA) is 67.3 Å². The number of hydrogen-bond acceptors (Lipinski definition) is 6. The first kappa shape index (κ1) is 17.7. The van der Waals surface area contributed by atoms with Gasteiger partial charge in [0.25, 0.3) is 5.91 Å². The van der Waals surface area contributed by atoms with Gasteiger partial charge < -0.3 is 14.5 Å². The van der Waals surface area contributed by atoms with Crippen LogP contribution in [0.5, 0.6) is 5.88 Å². The molecule has 1 unspecified atom stereocenters. The Morgan fingerprint density at radius 2 is 2.32 bits per heavy atom. The Morgan fingerprint density at radius 3 is 3.04 bits per heavy atom. The van der Waals surface area contributed by atoms with Gasteiger partial charge in [-0.3, -0.25) is 9.69 Å². The van der Waals surface area contributed by atoms with Crippen LogP contribution in [0.2, 0.25) is 0 Å². The van der Waals surface area contributed by atoms with Crippen LogP contribution in [0, 0.1) is 0 Å². The number of likely N-dealkylation sites (tertiary alicyclic amines) is 1. The van der Waals surface area contributed by atoms with E-state index < -0.39 is 0 Å². The molecule has 0 aliphatic carbocycles. The lowest BCUT2D eigenvalue weighted by Crippen LogP contribution is -2.40. The highest BCUT2D eigenvalue weighted by atomic mass is 16.7. The Labute approximate surface area is 148 Å². The zero-order valence-electron chi connectivity index (χ0n) is 15.4. The van der Waals surface area contributed by atoms with E-state index in [1.165, 1.54) is 0 Å². The summed E-state index contributed by atoms with van der Waals surface area (Å²) in [5.74, 6) is 0.612. The molecule has 1 atom stereocenters. The van der Waals surface area contributed by atoms with E-state index in [-0.39, 0.29) is 17.6 Å². The summed E-state index contributed by atoms with van der Waals surface area (Å²) in [6.07, 6.45) is 3.16. The standard InChI is InChI=1S/C18H26N4O3/c1-13(2)21(3)17(23)15-10-18(25-20-15)7-9-22(12-18)11-14-6-5-8-19-16(14)24-4/h5-6,8,13H,7,9-12H2,1-4H3. The summed E-state index contributed by atoms with van der Waals surface area (Å²) in [6, 6.07) is 4.08. The third-order valence-electron chi connectivity index (χ3n) is 5.01. The van der Waals surface area contributed by atoms with Crippen molar-refractivity contribution in [1.82, 2.24) is 14.8 Å². The van der Waals surface area contributed by atoms with Crippen LogP contribution in [0.1, 0.15) is 32.3 Å². The van der Waals surface area contributed by atoms with E-state index in [9.17, 15) is 4.79 Å². The molecular weight excluding hydrogens is 320 g/mol. The Morgan fingerprint density at radius 1 is 1.52 bits per heavy atom. The smallest absolute Gasteiger partial charge is 0.271 e. The molecule has 0 aromatic carbocycles. The lowest BCUT2D eigenvalue weighted by atomic mass is 9.96. The number of pyridine rings is 1. The normalized spacial score (nSPS) is 23.0. The minimum absolute atomic E-state index is 0.0424. The van der Waals surface area contributed by atoms with Gasteiger partial charge in [-0.2, -0.15) is 0 Å². The van der Waals surface area contributed by atoms with Crippen LogP contribution in [0.25, 0.3) is 0 Å². The summed E-state index contributed by atoms with van der Waals surface area (Å²) in [5, 5.41) is 4.11. The van der Waals surface area contributed by atoms with E-state index >= 15 is 0 Å². The molecule has 3 rings (SSSR count). The predicted octanol–water partition coefficient (Wildman–Crippen LogP) is 1.68. The number of ether oxygens (including phenoxy) is 1. The molecule has 1 saturated heterocycles. The van der Waals surface area contributed by atoms with Crippen molar-refractivity contribution < 1.29 is 14.4 Å². The van der Waals surface area contributed by atoms with Gasteiger partial charge in [0.05, 0.1) is 7.11 Å². The molecule has 1 aromatic rings. The second kappa shape index (κ2) is 7.00. The first-order chi connectivity index (χ1) is 11.9. The van der Waals surface area contributed by atoms with Crippen molar-refractivity contribution in [1.29, 1.82) is 0 Å². The monoisotopic (exact) mass is 346 g/mol. The highest BCUT2D eigenvalue weighted by molar-refractivity contribution is 6.39. The van der Waals surface area contributed by atoms with Gasteiger partial charge in [0.1, 0.15) is 5.71 Å². The summed E-state index contributed by atoms with van der Waals surface area (Å²) < 4.78 is 5.33. The Bertz CT molecular complexity index is 676. The molecule has 0 radical (unpaired) electrons. The molecule has 25 heavy (non-hydrogen) atoms. The summed E-state index contributed by atoms with van der Waals surface area (Å²) >= 11 is 0. The fraction of sp³-hybridized carbons (Fsp3) is 0.611. The number of carbonyl (C=O) groups excluding carboxylic acids is 1. The maximum atomic E-state index is 12.5. The predicted molar refractivity (Wildman–Crippen MR) is 94.5 cm³/mol. The van der Waals surface area contributed by atoms with E-state index in [0.717, 1.165) is 31.6 Å². The van der Waals surface area contributed by atoms with E-state index in [1.54, 1.807) is 25.3 Å². The fourth-order valence-electron chi connectivity index (χ4n) is 3.32. The van der Waals surface area contributed by atoms with Gasteiger partial charge in [-0.05, 0) is 19.9 Å². The Hall–Kier alpha value is -2.15. The van der Waals surface area contributed by atoms with Gasteiger partial charge in [-0.1, -0.05) is 11.2 Å². The summed E-state index contributed by atoms with van der Waals surface area (Å²) in [7, 11) is 3.44. The van der Waals surface area contributed by atoms with Crippen molar-refractivity contribution in [2.45, 2.75) is 44.9 Å². The van der Waals surface area contributed by atoms with Crippen molar-refractivity contribution in [3.8, 4) is 5.88 Å². The molecule has 136 valence electrons. The highest BCUT2D eigenvalue weighted by Crippen LogP contribution is 2.35. The van der Waals surface area contributed by atoms with Crippen LogP contribution in [-0.2, 0) is 16.2 Å². The number of methoxy groups -OCH3 is 1. The van der Waals surface area contributed by atoms with Gasteiger partial charge in [0.2, 0.25) is 5.88 Å². The van der Waals surface area contributed by atoms with Crippen molar-refractivity contribution in [2.24, 2.45) is 5.16 Å². The van der Waals surface area contributed by atoms with Gasteiger partial charge in [-0.15, -0.1) is 0 Å². The van der Waals surface area contributed by atoms with Crippen molar-refractivity contribution >= 4 is 11.6 Å². The molecule has 7 nitrogen and oxygen atoms in total. The summed E-state index contributed by atoms with van der Waals surface area (Å²) in [5.41, 5.74) is 1.20. The molecule has 3 heterocycles. The maximum absolute atomic E-state index is 12.5. The third kappa shape index (κ3) is 3.61. The number of hydrogen-bond donors (Lipinski definition) is 0. The van der Waals surface area contributed by atoms with Gasteiger partial charge >= 0.3 is 0 Å². The van der Waals surface area contributed by atoms with Crippen LogP contribution in [-0.4, -0.2) is 65.3 Å². The molecule has 0 saturated carbocycles. The first-order valence-electron chi connectivity index (χ1n) is 8.66. The number of amides is 1. The van der Waals surface area contributed by atoms with Crippen LogP contribution in [0.15, 0.2) is 23.5 Å². The van der Waals surface area contributed by atoms with Crippen LogP contribution < -0.4 is 4.74 Å². The minimum Gasteiger partial charge on any atom is -0.481 e. The molecular formula is C18H26N4O3. The fourth-order valence-corrected chi connectivity index (χ4v) is 3.32. The largest absolute Gasteiger partial charge is 0.481 e. The molecule has 7 heteroatoms. The minimum atomic E-state index is -0.377. The zero-order chi connectivity index (χ0) is 18.0. The molecule has 1 aromatic heterocycles. The van der Waals surface area contributed by atoms with Crippen LogP contribution >= 0.6 is 0 Å². The molecule has 1 fully saturated rings. The van der Waals surface area contributed by atoms with E-state index in [1.807, 2.05) is 26.0 Å². The van der Waals surface area contributed by atoms with Crippen LogP contribution in [0.4, 0.5) is 0 Å². The average Bonchev–Trinajstić information content (AvgIpc) is 3.21. The first-order valence-corrected chi connectivity index (χ1v) is 8.66. The second-order valence-corrected chi connectivity index (χ2v) is 7.13. The second-order valence-electron chi connectivity index (χ2n) is 7.13. The molecule has 1 spiro atoms. The molecule has 2 aliphatic rings. The molecule has 0 N–H and O–H groups in total. The maximum Gasteiger partial charge on any atom is 0.271 e. The lowest BCUT2D eigenvalue weighted by molar-refractivity contribution is -0.124. The highest BCUT2D eigenvalue weighted by Gasteiger charge is 2.47. The summed E-state index contributed by atoms with van der Waals surface area (Å²) in [6.45, 7) is 6.37. The molecule has 1 amide bonds. The molecule has 0 bridgehead atoms. The summed E-state index contributed by atoms with van der Waals surface area (Å²) in [4.78, 5) is 26.5. The van der Waals surface area contributed by atoms with E-state index in [4.69, 9.17) is 9.57 Å². The van der Waals surface area contributed by atoms with Crippen molar-refractivity contribution in [3.63, 3.8) is 0 Å². The lowest BCUT2D eigenvalue weighted by Gasteiger charge is -2.23. The van der Waals surface area contributed by atoms with Gasteiger partial charge in [0, 0.05) is 57.3 Å². The Kier molecular flexibility index (Phi) is 4.94. The van der Waals surface area contributed by atoms with Crippen molar-refractivity contribution in [3.05, 3.63) is 23.9 Å². The number of carbonyl (C=O) groups is 1. The van der Waals surface area contributed by atoms with E-state index in [0.29, 0.717) is 18.0 Å². The van der Waals surface area contributed by atoms with Crippen LogP contribution in [0.3, 0.4) is 0 Å². The Balaban J connectivity index is 1.61. The number of aromatic nitrogens is 1. The quantitative estimate of drug-likeness (QED) is 0.811. The van der Waals surface area contributed by atoms with Gasteiger partial charge in [0.15, 0.2) is 5.60 Å².